The fourth-order valence-corrected chi connectivity index (χ4v) is 2.77. The molecule has 0 aromatic carbocycles. The first kappa shape index (κ1) is 11.8. The molecule has 1 rings (SSSR count). The molecule has 2 atom stereocenters. The summed E-state index contributed by atoms with van der Waals surface area (Å²) in [7, 11) is 0. The highest BCUT2D eigenvalue weighted by Crippen LogP contribution is 2.30. The van der Waals surface area contributed by atoms with Crippen molar-refractivity contribution < 1.29 is 0 Å². The van der Waals surface area contributed by atoms with E-state index < -0.39 is 0 Å². The molecule has 2 unspecified atom stereocenters. The van der Waals surface area contributed by atoms with Crippen molar-refractivity contribution in [2.24, 2.45) is 5.92 Å². The molecule has 0 saturated heterocycles. The molecule has 0 bridgehead atoms. The van der Waals surface area contributed by atoms with Crippen LogP contribution < -0.4 is 0 Å². The maximum Gasteiger partial charge on any atom is 0.113 e. The number of aromatic nitrogens is 2. The van der Waals surface area contributed by atoms with Gasteiger partial charge in [-0.2, -0.15) is 0 Å². The summed E-state index contributed by atoms with van der Waals surface area (Å²) in [6, 6.07) is 0. The van der Waals surface area contributed by atoms with Crippen LogP contribution in [-0.4, -0.2) is 14.4 Å². The van der Waals surface area contributed by atoms with E-state index in [-0.39, 0.29) is 0 Å². The minimum absolute atomic E-state index is 0.468. The van der Waals surface area contributed by atoms with Crippen LogP contribution in [0.25, 0.3) is 0 Å². The molecule has 80 valence electrons. The lowest BCUT2D eigenvalue weighted by Gasteiger charge is -2.23. The minimum atomic E-state index is 0.468. The van der Waals surface area contributed by atoms with Gasteiger partial charge in [0.05, 0.1) is 0 Å². The summed E-state index contributed by atoms with van der Waals surface area (Å²) in [5, 5.41) is 0. The van der Waals surface area contributed by atoms with E-state index in [0.717, 1.165) is 6.54 Å². The van der Waals surface area contributed by atoms with Crippen molar-refractivity contribution in [1.29, 1.82) is 0 Å². The lowest BCUT2D eigenvalue weighted by atomic mass is 9.92. The topological polar surface area (TPSA) is 17.8 Å². The molecule has 14 heavy (non-hydrogen) atoms. The summed E-state index contributed by atoms with van der Waals surface area (Å²) in [5.74, 6) is 2.30. The van der Waals surface area contributed by atoms with Crippen molar-refractivity contribution in [1.82, 2.24) is 9.55 Å². The van der Waals surface area contributed by atoms with Crippen molar-refractivity contribution in [3.63, 3.8) is 0 Å². The normalized spacial score (nSPS) is 15.9. The maximum atomic E-state index is 4.46. The number of alkyl halides is 1. The standard InChI is InChI=1S/C11H19BrN2/c1-5-14-7-6-13-11(14)10(8(2)3)9(4)12/h6-10H,5H2,1-4H3. The van der Waals surface area contributed by atoms with Crippen LogP contribution in [0.4, 0.5) is 0 Å². The third-order valence-electron chi connectivity index (χ3n) is 2.60. The van der Waals surface area contributed by atoms with E-state index in [1.807, 2.05) is 6.20 Å². The van der Waals surface area contributed by atoms with E-state index in [2.05, 4.69) is 59.4 Å². The fourth-order valence-electron chi connectivity index (χ4n) is 1.92. The first-order valence-corrected chi connectivity index (χ1v) is 6.14. The number of hydrogen-bond acceptors (Lipinski definition) is 1. The van der Waals surface area contributed by atoms with Gasteiger partial charge in [0.25, 0.3) is 0 Å². The molecule has 3 heteroatoms. The van der Waals surface area contributed by atoms with E-state index >= 15 is 0 Å². The SMILES string of the molecule is CCn1ccnc1C(C(C)C)C(C)Br. The van der Waals surface area contributed by atoms with Gasteiger partial charge in [-0.3, -0.25) is 0 Å². The zero-order chi connectivity index (χ0) is 10.7. The Hall–Kier alpha value is -0.310. The molecular formula is C11H19BrN2. The molecule has 1 heterocycles. The highest BCUT2D eigenvalue weighted by molar-refractivity contribution is 9.09. The van der Waals surface area contributed by atoms with Gasteiger partial charge in [0.15, 0.2) is 0 Å². The van der Waals surface area contributed by atoms with Crippen LogP contribution in [0, 0.1) is 5.92 Å². The average molecular weight is 259 g/mol. The van der Waals surface area contributed by atoms with E-state index in [1.54, 1.807) is 0 Å². The van der Waals surface area contributed by atoms with Crippen LogP contribution in [0.5, 0.6) is 0 Å². The van der Waals surface area contributed by atoms with Crippen LogP contribution in [0.3, 0.4) is 0 Å². The molecule has 0 fully saturated rings. The van der Waals surface area contributed by atoms with Crippen LogP contribution in [0.2, 0.25) is 0 Å². The lowest BCUT2D eigenvalue weighted by molar-refractivity contribution is 0.457. The van der Waals surface area contributed by atoms with Crippen LogP contribution >= 0.6 is 15.9 Å². The van der Waals surface area contributed by atoms with Crippen molar-refractivity contribution in [2.45, 2.75) is 45.0 Å². The summed E-state index contributed by atoms with van der Waals surface area (Å²) in [4.78, 5) is 4.93. The van der Waals surface area contributed by atoms with Gasteiger partial charge in [-0.1, -0.05) is 36.7 Å². The van der Waals surface area contributed by atoms with E-state index in [9.17, 15) is 0 Å². The van der Waals surface area contributed by atoms with E-state index in [1.165, 1.54) is 5.82 Å². The summed E-state index contributed by atoms with van der Waals surface area (Å²) in [6.45, 7) is 9.84. The Bertz CT molecular complexity index is 271. The van der Waals surface area contributed by atoms with Crippen molar-refractivity contribution in [2.75, 3.05) is 0 Å². The predicted molar refractivity (Wildman–Crippen MR) is 63.9 cm³/mol. The number of hydrogen-bond donors (Lipinski definition) is 0. The second-order valence-corrected chi connectivity index (χ2v) is 5.46. The summed E-state index contributed by atoms with van der Waals surface area (Å²) in [5.41, 5.74) is 0. The van der Waals surface area contributed by atoms with Crippen LogP contribution in [0.1, 0.15) is 39.4 Å². The monoisotopic (exact) mass is 258 g/mol. The van der Waals surface area contributed by atoms with Crippen molar-refractivity contribution >= 4 is 15.9 Å². The van der Waals surface area contributed by atoms with Crippen molar-refractivity contribution in [3.8, 4) is 0 Å². The fraction of sp³-hybridized carbons (Fsp3) is 0.727. The Kier molecular flexibility index (Phi) is 4.17. The molecule has 0 aliphatic rings. The Morgan fingerprint density at radius 1 is 1.43 bits per heavy atom. The maximum absolute atomic E-state index is 4.46. The Labute approximate surface area is 94.9 Å². The Morgan fingerprint density at radius 2 is 2.07 bits per heavy atom. The molecule has 0 aliphatic carbocycles. The number of rotatable bonds is 4. The van der Waals surface area contributed by atoms with Gasteiger partial charge >= 0.3 is 0 Å². The molecule has 0 aliphatic heterocycles. The molecule has 2 nitrogen and oxygen atoms in total. The first-order chi connectivity index (χ1) is 6.57. The van der Waals surface area contributed by atoms with Crippen LogP contribution in [0.15, 0.2) is 12.4 Å². The zero-order valence-electron chi connectivity index (χ0n) is 9.37. The van der Waals surface area contributed by atoms with Crippen LogP contribution in [-0.2, 0) is 6.54 Å². The van der Waals surface area contributed by atoms with Gasteiger partial charge < -0.3 is 4.57 Å². The molecule has 0 spiro atoms. The van der Waals surface area contributed by atoms with Gasteiger partial charge in [0.1, 0.15) is 5.82 Å². The quantitative estimate of drug-likeness (QED) is 0.757. The average Bonchev–Trinajstić information content (AvgIpc) is 2.51. The first-order valence-electron chi connectivity index (χ1n) is 5.23. The lowest BCUT2D eigenvalue weighted by Crippen LogP contribution is -2.20. The third kappa shape index (κ3) is 2.38. The molecular weight excluding hydrogens is 240 g/mol. The van der Waals surface area contributed by atoms with Gasteiger partial charge in [-0.05, 0) is 12.8 Å². The molecule has 1 aromatic rings. The highest BCUT2D eigenvalue weighted by Gasteiger charge is 2.24. The Morgan fingerprint density at radius 3 is 2.50 bits per heavy atom. The van der Waals surface area contributed by atoms with E-state index in [4.69, 9.17) is 0 Å². The number of nitrogens with zero attached hydrogens (tertiary/aromatic N) is 2. The second kappa shape index (κ2) is 4.96. The largest absolute Gasteiger partial charge is 0.335 e. The number of aryl methyl sites for hydroxylation is 1. The van der Waals surface area contributed by atoms with E-state index in [0.29, 0.717) is 16.7 Å². The van der Waals surface area contributed by atoms with Gasteiger partial charge in [-0.25, -0.2) is 4.98 Å². The van der Waals surface area contributed by atoms with Gasteiger partial charge in [-0.15, -0.1) is 0 Å². The number of halogens is 1. The summed E-state index contributed by atoms with van der Waals surface area (Å²) < 4.78 is 2.22. The summed E-state index contributed by atoms with van der Waals surface area (Å²) in [6.07, 6.45) is 3.95. The van der Waals surface area contributed by atoms with Crippen molar-refractivity contribution in [3.05, 3.63) is 18.2 Å². The molecule has 1 aromatic heterocycles. The third-order valence-corrected chi connectivity index (χ3v) is 3.17. The number of imidazole rings is 1. The highest BCUT2D eigenvalue weighted by atomic mass is 79.9. The van der Waals surface area contributed by atoms with Gasteiger partial charge in [0, 0.05) is 29.7 Å². The molecule has 0 radical (unpaired) electrons. The summed E-state index contributed by atoms with van der Waals surface area (Å²) >= 11 is 3.67. The Balaban J connectivity index is 2.98. The van der Waals surface area contributed by atoms with Gasteiger partial charge in [0.2, 0.25) is 0 Å². The minimum Gasteiger partial charge on any atom is -0.335 e. The second-order valence-electron chi connectivity index (χ2n) is 4.02. The molecule has 0 N–H and O–H groups in total. The molecule has 0 saturated carbocycles. The zero-order valence-corrected chi connectivity index (χ0v) is 11.0. The molecule has 0 amide bonds. The smallest absolute Gasteiger partial charge is 0.113 e. The predicted octanol–water partition coefficient (Wildman–Crippen LogP) is 3.43.